The molecule has 8 nitrogen and oxygen atoms in total. The molecule has 0 spiro atoms. The highest BCUT2D eigenvalue weighted by molar-refractivity contribution is 7.09. The summed E-state index contributed by atoms with van der Waals surface area (Å²) in [5.41, 5.74) is 1.90. The molecule has 9 heteroatoms. The normalized spacial score (nSPS) is 15.0. The summed E-state index contributed by atoms with van der Waals surface area (Å²) in [6.45, 7) is 0.974. The minimum atomic E-state index is -1.82. The molecule has 0 fully saturated rings. The Morgan fingerprint density at radius 1 is 1.16 bits per heavy atom. The van der Waals surface area contributed by atoms with Crippen LogP contribution in [0.15, 0.2) is 29.6 Å². The zero-order chi connectivity index (χ0) is 22.4. The zero-order valence-electron chi connectivity index (χ0n) is 17.7. The molecule has 3 rings (SSSR count). The first-order valence-corrected chi connectivity index (χ1v) is 11.0. The number of amides is 2. The van der Waals surface area contributed by atoms with Crippen LogP contribution in [-0.2, 0) is 29.0 Å². The lowest BCUT2D eigenvalue weighted by Crippen LogP contribution is -2.51. The van der Waals surface area contributed by atoms with E-state index in [1.54, 1.807) is 24.5 Å². The van der Waals surface area contributed by atoms with Crippen molar-refractivity contribution < 1.29 is 29.3 Å². The van der Waals surface area contributed by atoms with Gasteiger partial charge in [0.2, 0.25) is 0 Å². The molecule has 0 bridgehead atoms. The SMILES string of the molecule is COc1cc2c(cc1OC)CN(C(=O)C(O)C(O)C(=O)NCCCc1cccs1)CC2. The Morgan fingerprint density at radius 3 is 2.52 bits per heavy atom. The van der Waals surface area contributed by atoms with Gasteiger partial charge in [-0.1, -0.05) is 6.07 Å². The third kappa shape index (κ3) is 5.55. The second kappa shape index (κ2) is 10.6. The standard InChI is InChI=1S/C22H28N2O6S/c1-29-17-11-14-7-9-24(13-15(14)12-18(17)30-2)22(28)20(26)19(25)21(27)23-8-3-5-16-6-4-10-31-16/h4,6,10-12,19-20,25-26H,3,5,7-9,13H2,1-2H3,(H,23,27). The van der Waals surface area contributed by atoms with Gasteiger partial charge in [0.05, 0.1) is 14.2 Å². The molecule has 1 aliphatic rings. The molecule has 2 unspecified atom stereocenters. The van der Waals surface area contributed by atoms with Gasteiger partial charge in [0.15, 0.2) is 23.7 Å². The molecule has 1 aliphatic heterocycles. The van der Waals surface area contributed by atoms with Crippen molar-refractivity contribution in [2.45, 2.75) is 38.0 Å². The van der Waals surface area contributed by atoms with Crippen molar-refractivity contribution in [3.05, 3.63) is 45.6 Å². The maximum atomic E-state index is 12.7. The van der Waals surface area contributed by atoms with E-state index in [4.69, 9.17) is 9.47 Å². The average Bonchev–Trinajstić information content (AvgIpc) is 3.32. The molecule has 3 N–H and O–H groups in total. The summed E-state index contributed by atoms with van der Waals surface area (Å²) in [7, 11) is 3.10. The maximum Gasteiger partial charge on any atom is 0.255 e. The second-order valence-electron chi connectivity index (χ2n) is 7.35. The molecule has 0 saturated heterocycles. The van der Waals surface area contributed by atoms with E-state index >= 15 is 0 Å². The van der Waals surface area contributed by atoms with Gasteiger partial charge in [-0.05, 0) is 54.0 Å². The Kier molecular flexibility index (Phi) is 7.89. The third-order valence-corrected chi connectivity index (χ3v) is 6.27. The van der Waals surface area contributed by atoms with E-state index < -0.39 is 24.0 Å². The fourth-order valence-electron chi connectivity index (χ4n) is 3.57. The van der Waals surface area contributed by atoms with E-state index in [1.807, 2.05) is 23.6 Å². The largest absolute Gasteiger partial charge is 0.493 e. The number of rotatable bonds is 9. The molecule has 31 heavy (non-hydrogen) atoms. The molecule has 2 amide bonds. The van der Waals surface area contributed by atoms with Crippen LogP contribution in [-0.4, -0.2) is 66.4 Å². The molecule has 2 atom stereocenters. The van der Waals surface area contributed by atoms with Crippen molar-refractivity contribution >= 4 is 23.2 Å². The number of hydrogen-bond acceptors (Lipinski definition) is 7. The number of carbonyl (C=O) groups is 2. The van der Waals surface area contributed by atoms with Gasteiger partial charge in [0, 0.05) is 24.5 Å². The number of ether oxygens (including phenoxy) is 2. The van der Waals surface area contributed by atoms with Gasteiger partial charge in [-0.2, -0.15) is 0 Å². The van der Waals surface area contributed by atoms with Crippen molar-refractivity contribution in [3.8, 4) is 11.5 Å². The summed E-state index contributed by atoms with van der Waals surface area (Å²) < 4.78 is 10.6. The highest BCUT2D eigenvalue weighted by Crippen LogP contribution is 2.33. The molecule has 2 aromatic rings. The van der Waals surface area contributed by atoms with E-state index in [0.717, 1.165) is 17.5 Å². The van der Waals surface area contributed by atoms with Crippen LogP contribution in [0.3, 0.4) is 0 Å². The van der Waals surface area contributed by atoms with Gasteiger partial charge in [-0.15, -0.1) is 11.3 Å². The maximum absolute atomic E-state index is 12.7. The first kappa shape index (κ1) is 23.1. The lowest BCUT2D eigenvalue weighted by Gasteiger charge is -2.31. The van der Waals surface area contributed by atoms with Crippen molar-refractivity contribution in [3.63, 3.8) is 0 Å². The number of nitrogens with zero attached hydrogens (tertiary/aromatic N) is 1. The van der Waals surface area contributed by atoms with Gasteiger partial charge in [0.1, 0.15) is 0 Å². The summed E-state index contributed by atoms with van der Waals surface area (Å²) in [6, 6.07) is 7.67. The highest BCUT2D eigenvalue weighted by atomic mass is 32.1. The minimum absolute atomic E-state index is 0.251. The van der Waals surface area contributed by atoms with Crippen molar-refractivity contribution in [2.75, 3.05) is 27.3 Å². The predicted molar refractivity (Wildman–Crippen MR) is 116 cm³/mol. The number of benzene rings is 1. The molecule has 0 radical (unpaired) electrons. The number of nitrogens with one attached hydrogen (secondary N) is 1. The quantitative estimate of drug-likeness (QED) is 0.496. The van der Waals surface area contributed by atoms with Crippen LogP contribution >= 0.6 is 11.3 Å². The predicted octanol–water partition coefficient (Wildman–Crippen LogP) is 1.12. The fraction of sp³-hybridized carbons (Fsp3) is 0.455. The Hall–Kier alpha value is -2.62. The van der Waals surface area contributed by atoms with E-state index in [2.05, 4.69) is 5.32 Å². The summed E-state index contributed by atoms with van der Waals surface area (Å²) in [5, 5.41) is 25.0. The average molecular weight is 449 g/mol. The van der Waals surface area contributed by atoms with Gasteiger partial charge < -0.3 is 29.9 Å². The Bertz CT molecular complexity index is 902. The lowest BCUT2D eigenvalue weighted by atomic mass is 9.98. The molecule has 2 heterocycles. The number of thiophene rings is 1. The number of carbonyl (C=O) groups excluding carboxylic acids is 2. The van der Waals surface area contributed by atoms with Crippen LogP contribution in [0.4, 0.5) is 0 Å². The van der Waals surface area contributed by atoms with Crippen molar-refractivity contribution in [2.24, 2.45) is 0 Å². The van der Waals surface area contributed by atoms with E-state index in [-0.39, 0.29) is 6.54 Å². The minimum Gasteiger partial charge on any atom is -0.493 e. The number of aryl methyl sites for hydroxylation is 1. The van der Waals surface area contributed by atoms with Crippen molar-refractivity contribution in [1.29, 1.82) is 0 Å². The lowest BCUT2D eigenvalue weighted by molar-refractivity contribution is -0.153. The summed E-state index contributed by atoms with van der Waals surface area (Å²) in [6.07, 6.45) is -1.55. The highest BCUT2D eigenvalue weighted by Gasteiger charge is 2.34. The Morgan fingerprint density at radius 2 is 1.87 bits per heavy atom. The molecule has 168 valence electrons. The Labute approximate surface area is 185 Å². The van der Waals surface area contributed by atoms with Crippen LogP contribution in [0.5, 0.6) is 11.5 Å². The van der Waals surface area contributed by atoms with Crippen LogP contribution in [0, 0.1) is 0 Å². The molecular weight excluding hydrogens is 420 g/mol. The number of aliphatic hydroxyl groups is 2. The van der Waals surface area contributed by atoms with Gasteiger partial charge in [-0.3, -0.25) is 9.59 Å². The molecule has 1 aromatic heterocycles. The number of fused-ring (bicyclic) bond motifs is 1. The molecule has 1 aromatic carbocycles. The van der Waals surface area contributed by atoms with Gasteiger partial charge in [-0.25, -0.2) is 0 Å². The van der Waals surface area contributed by atoms with Gasteiger partial charge >= 0.3 is 0 Å². The van der Waals surface area contributed by atoms with Crippen LogP contribution in [0.25, 0.3) is 0 Å². The second-order valence-corrected chi connectivity index (χ2v) is 8.38. The summed E-state index contributed by atoms with van der Waals surface area (Å²) in [5.74, 6) is -0.261. The van der Waals surface area contributed by atoms with Gasteiger partial charge in [0.25, 0.3) is 11.8 Å². The first-order valence-electron chi connectivity index (χ1n) is 10.1. The first-order chi connectivity index (χ1) is 14.9. The van der Waals surface area contributed by atoms with Crippen LogP contribution < -0.4 is 14.8 Å². The van der Waals surface area contributed by atoms with Crippen molar-refractivity contribution in [1.82, 2.24) is 10.2 Å². The van der Waals surface area contributed by atoms with Crippen LogP contribution in [0.1, 0.15) is 22.4 Å². The zero-order valence-corrected chi connectivity index (χ0v) is 18.5. The molecule has 0 aliphatic carbocycles. The summed E-state index contributed by atoms with van der Waals surface area (Å²) in [4.78, 5) is 27.5. The fourth-order valence-corrected chi connectivity index (χ4v) is 4.32. The summed E-state index contributed by atoms with van der Waals surface area (Å²) >= 11 is 1.64. The topological polar surface area (TPSA) is 108 Å². The third-order valence-electron chi connectivity index (χ3n) is 5.33. The van der Waals surface area contributed by atoms with E-state index in [9.17, 15) is 19.8 Å². The van der Waals surface area contributed by atoms with E-state index in [0.29, 0.717) is 37.4 Å². The number of aliphatic hydroxyl groups excluding tert-OH is 2. The van der Waals surface area contributed by atoms with Crippen LogP contribution in [0.2, 0.25) is 0 Å². The monoisotopic (exact) mass is 448 g/mol. The molecule has 0 saturated carbocycles. The Balaban J connectivity index is 1.53. The smallest absolute Gasteiger partial charge is 0.255 e. The number of hydrogen-bond donors (Lipinski definition) is 3. The number of methoxy groups -OCH3 is 2. The van der Waals surface area contributed by atoms with E-state index in [1.165, 1.54) is 16.9 Å². The molecular formula is C22H28N2O6S.